The average molecular weight is 311 g/mol. The minimum atomic E-state index is -0.429. The molecule has 110 valence electrons. The number of aliphatic imine (C=N–C) groups is 1. The van der Waals surface area contributed by atoms with Crippen LogP contribution < -0.4 is 0 Å². The van der Waals surface area contributed by atoms with E-state index in [1.807, 2.05) is 0 Å². The Balaban J connectivity index is 1.93. The Labute approximate surface area is 131 Å². The maximum atomic E-state index is 10.8. The molecule has 0 bridgehead atoms. The quantitative estimate of drug-likeness (QED) is 0.485. The molecular weight excluding hydrogens is 298 g/mol. The summed E-state index contributed by atoms with van der Waals surface area (Å²) in [6.45, 7) is 0. The highest BCUT2D eigenvalue weighted by molar-refractivity contribution is 7.16. The fourth-order valence-electron chi connectivity index (χ4n) is 2.61. The van der Waals surface area contributed by atoms with E-state index in [1.165, 1.54) is 17.0 Å². The Kier molecular flexibility index (Phi) is 3.98. The van der Waals surface area contributed by atoms with Crippen LogP contribution in [0.3, 0.4) is 0 Å². The topological polar surface area (TPSA) is 79.3 Å². The highest BCUT2D eigenvalue weighted by Crippen LogP contribution is 2.39. The summed E-state index contributed by atoms with van der Waals surface area (Å²) >= 11 is 1.56. The highest BCUT2D eigenvalue weighted by atomic mass is 32.1. The van der Waals surface area contributed by atoms with Crippen LogP contribution in [0, 0.1) is 21.4 Å². The lowest BCUT2D eigenvalue weighted by Gasteiger charge is -2.09. The molecule has 3 rings (SSSR count). The van der Waals surface area contributed by atoms with E-state index in [9.17, 15) is 15.4 Å². The summed E-state index contributed by atoms with van der Waals surface area (Å²) in [6, 6.07) is 8.57. The average Bonchev–Trinajstić information content (AvgIpc) is 2.90. The fourth-order valence-corrected chi connectivity index (χ4v) is 3.79. The van der Waals surface area contributed by atoms with Crippen LogP contribution in [0.5, 0.6) is 0 Å². The van der Waals surface area contributed by atoms with Crippen molar-refractivity contribution < 1.29 is 4.92 Å². The zero-order chi connectivity index (χ0) is 15.5. The molecule has 0 saturated carbocycles. The van der Waals surface area contributed by atoms with Crippen LogP contribution >= 0.6 is 11.3 Å². The Morgan fingerprint density at radius 3 is 2.95 bits per heavy atom. The molecule has 0 N–H and O–H groups in total. The molecular formula is C16H13N3O2S. The van der Waals surface area contributed by atoms with Gasteiger partial charge >= 0.3 is 0 Å². The van der Waals surface area contributed by atoms with Gasteiger partial charge in [0.2, 0.25) is 0 Å². The first-order valence-electron chi connectivity index (χ1n) is 7.02. The Morgan fingerprint density at radius 1 is 1.36 bits per heavy atom. The third-order valence-electron chi connectivity index (χ3n) is 3.68. The Hall–Kier alpha value is -2.52. The number of nitro groups is 1. The number of nitriles is 1. The second-order valence-corrected chi connectivity index (χ2v) is 6.20. The minimum Gasteiger partial charge on any atom is -0.258 e. The number of non-ortho nitro benzene ring substituents is 1. The van der Waals surface area contributed by atoms with Gasteiger partial charge in [0.05, 0.1) is 10.5 Å². The predicted molar refractivity (Wildman–Crippen MR) is 86.0 cm³/mol. The molecule has 6 heteroatoms. The summed E-state index contributed by atoms with van der Waals surface area (Å²) in [4.78, 5) is 16.0. The number of benzene rings is 1. The van der Waals surface area contributed by atoms with Gasteiger partial charge in [-0.25, -0.2) is 4.99 Å². The summed E-state index contributed by atoms with van der Waals surface area (Å²) in [6.07, 6.45) is 5.83. The summed E-state index contributed by atoms with van der Waals surface area (Å²) < 4.78 is 0. The number of aryl methyl sites for hydroxylation is 1. The predicted octanol–water partition coefficient (Wildman–Crippen LogP) is 4.16. The number of nitrogens with zero attached hydrogens (tertiary/aromatic N) is 3. The van der Waals surface area contributed by atoms with Gasteiger partial charge < -0.3 is 0 Å². The highest BCUT2D eigenvalue weighted by Gasteiger charge is 2.20. The van der Waals surface area contributed by atoms with Gasteiger partial charge in [0, 0.05) is 23.2 Å². The van der Waals surface area contributed by atoms with E-state index >= 15 is 0 Å². The smallest absolute Gasteiger partial charge is 0.258 e. The summed E-state index contributed by atoms with van der Waals surface area (Å²) in [5.74, 6) is 0. The van der Waals surface area contributed by atoms with Gasteiger partial charge in [-0.15, -0.1) is 11.3 Å². The van der Waals surface area contributed by atoms with Gasteiger partial charge in [-0.2, -0.15) is 5.26 Å². The number of hydrogen-bond acceptors (Lipinski definition) is 5. The van der Waals surface area contributed by atoms with Gasteiger partial charge in [0.25, 0.3) is 5.69 Å². The lowest BCUT2D eigenvalue weighted by atomic mass is 9.96. The van der Waals surface area contributed by atoms with Crippen molar-refractivity contribution in [3.63, 3.8) is 0 Å². The van der Waals surface area contributed by atoms with E-state index in [4.69, 9.17) is 0 Å². The zero-order valence-corrected chi connectivity index (χ0v) is 12.6. The van der Waals surface area contributed by atoms with E-state index in [0.29, 0.717) is 16.1 Å². The van der Waals surface area contributed by atoms with Gasteiger partial charge in [-0.3, -0.25) is 10.1 Å². The normalized spacial score (nSPS) is 13.8. The van der Waals surface area contributed by atoms with Crippen molar-refractivity contribution in [3.8, 4) is 6.07 Å². The van der Waals surface area contributed by atoms with Crippen molar-refractivity contribution in [2.24, 2.45) is 4.99 Å². The summed E-state index contributed by atoms with van der Waals surface area (Å²) in [5, 5.41) is 20.9. The van der Waals surface area contributed by atoms with E-state index in [1.54, 1.807) is 29.7 Å². The molecule has 0 unspecified atom stereocenters. The van der Waals surface area contributed by atoms with Gasteiger partial charge in [0.1, 0.15) is 11.1 Å². The number of hydrogen-bond donors (Lipinski definition) is 0. The van der Waals surface area contributed by atoms with Crippen molar-refractivity contribution in [1.82, 2.24) is 0 Å². The van der Waals surface area contributed by atoms with Crippen molar-refractivity contribution in [2.45, 2.75) is 25.7 Å². The molecule has 1 aromatic heterocycles. The largest absolute Gasteiger partial charge is 0.270 e. The minimum absolute atomic E-state index is 0.0370. The number of nitro benzene ring substituents is 1. The monoisotopic (exact) mass is 311 g/mol. The van der Waals surface area contributed by atoms with Crippen molar-refractivity contribution in [2.75, 3.05) is 0 Å². The van der Waals surface area contributed by atoms with Crippen LogP contribution in [0.25, 0.3) is 0 Å². The van der Waals surface area contributed by atoms with Crippen LogP contribution in [0.2, 0.25) is 0 Å². The third kappa shape index (κ3) is 2.76. The van der Waals surface area contributed by atoms with Crippen molar-refractivity contribution in [3.05, 3.63) is 55.9 Å². The maximum absolute atomic E-state index is 10.8. The third-order valence-corrected chi connectivity index (χ3v) is 4.88. The number of thiophene rings is 1. The van der Waals surface area contributed by atoms with E-state index < -0.39 is 4.92 Å². The van der Waals surface area contributed by atoms with Crippen molar-refractivity contribution in [1.29, 1.82) is 5.26 Å². The first kappa shape index (κ1) is 14.4. The molecule has 1 aliphatic carbocycles. The Morgan fingerprint density at radius 2 is 2.18 bits per heavy atom. The van der Waals surface area contributed by atoms with Gasteiger partial charge in [-0.05, 0) is 36.8 Å². The first-order chi connectivity index (χ1) is 10.7. The SMILES string of the molecule is N#Cc1c(/N=C/c2cccc([N+](=O)[O-])c2)sc2c1CCCC2. The second kappa shape index (κ2) is 6.08. The van der Waals surface area contributed by atoms with Gasteiger partial charge in [-0.1, -0.05) is 12.1 Å². The number of fused-ring (bicyclic) bond motifs is 1. The molecule has 2 aromatic rings. The van der Waals surface area contributed by atoms with Crippen LogP contribution in [-0.4, -0.2) is 11.1 Å². The molecule has 1 heterocycles. The molecule has 0 radical (unpaired) electrons. The van der Waals surface area contributed by atoms with Crippen LogP contribution in [0.4, 0.5) is 10.7 Å². The molecule has 0 aliphatic heterocycles. The van der Waals surface area contributed by atoms with Crippen LogP contribution in [0.15, 0.2) is 29.3 Å². The zero-order valence-electron chi connectivity index (χ0n) is 11.8. The number of rotatable bonds is 3. The molecule has 22 heavy (non-hydrogen) atoms. The molecule has 0 atom stereocenters. The first-order valence-corrected chi connectivity index (χ1v) is 7.84. The maximum Gasteiger partial charge on any atom is 0.270 e. The second-order valence-electron chi connectivity index (χ2n) is 5.11. The molecule has 5 nitrogen and oxygen atoms in total. The van der Waals surface area contributed by atoms with Crippen molar-refractivity contribution >= 4 is 28.2 Å². The summed E-state index contributed by atoms with van der Waals surface area (Å²) in [7, 11) is 0. The van der Waals surface area contributed by atoms with Crippen LogP contribution in [-0.2, 0) is 12.8 Å². The molecule has 0 saturated heterocycles. The molecule has 0 spiro atoms. The van der Waals surface area contributed by atoms with E-state index in [-0.39, 0.29) is 5.69 Å². The summed E-state index contributed by atoms with van der Waals surface area (Å²) in [5.41, 5.74) is 2.51. The molecule has 1 aliphatic rings. The van der Waals surface area contributed by atoms with E-state index in [0.717, 1.165) is 31.2 Å². The molecule has 1 aromatic carbocycles. The van der Waals surface area contributed by atoms with Crippen LogP contribution in [0.1, 0.15) is 34.4 Å². The Bertz CT molecular complexity index is 802. The lowest BCUT2D eigenvalue weighted by molar-refractivity contribution is -0.384. The van der Waals surface area contributed by atoms with E-state index in [2.05, 4.69) is 11.1 Å². The van der Waals surface area contributed by atoms with Gasteiger partial charge in [0.15, 0.2) is 0 Å². The molecule has 0 fully saturated rings. The lowest BCUT2D eigenvalue weighted by Crippen LogP contribution is -1.99. The fraction of sp³-hybridized carbons (Fsp3) is 0.250. The molecule has 0 amide bonds. The standard InChI is InChI=1S/C16H13N3O2S/c17-9-14-13-6-1-2-7-15(13)22-16(14)18-10-11-4-3-5-12(8-11)19(20)21/h3-5,8,10H,1-2,6-7H2/b18-10+.